The minimum Gasteiger partial charge on any atom is -0.430 e. The van der Waals surface area contributed by atoms with Crippen molar-refractivity contribution >= 4 is 6.16 Å². The Morgan fingerprint density at radius 1 is 1.25 bits per heavy atom. The molecule has 0 N–H and O–H groups in total. The van der Waals surface area contributed by atoms with Gasteiger partial charge < -0.3 is 9.47 Å². The first kappa shape index (κ1) is 17.0. The van der Waals surface area contributed by atoms with E-state index in [-0.39, 0.29) is 6.10 Å². The highest BCUT2D eigenvalue weighted by molar-refractivity contribution is 5.61. The molecular weight excluding hydrogens is 302 g/mol. The predicted molar refractivity (Wildman–Crippen MR) is 93.6 cm³/mol. The van der Waals surface area contributed by atoms with Gasteiger partial charge in [-0.3, -0.25) is 4.90 Å². The van der Waals surface area contributed by atoms with Crippen LogP contribution in [0.4, 0.5) is 4.79 Å². The summed E-state index contributed by atoms with van der Waals surface area (Å²) in [5.41, 5.74) is 2.21. The number of likely N-dealkylation sites (tertiary alicyclic amines) is 1. The fourth-order valence-electron chi connectivity index (χ4n) is 3.54. The number of ether oxygens (including phenoxy) is 2. The van der Waals surface area contributed by atoms with Gasteiger partial charge in [-0.1, -0.05) is 42.0 Å². The van der Waals surface area contributed by atoms with Crippen LogP contribution < -0.4 is 0 Å². The van der Waals surface area contributed by atoms with E-state index in [9.17, 15) is 4.79 Å². The topological polar surface area (TPSA) is 38.8 Å². The maximum Gasteiger partial charge on any atom is 0.509 e. The number of carbonyl (C=O) groups is 1. The normalized spacial score (nSPS) is 24.2. The summed E-state index contributed by atoms with van der Waals surface area (Å²) in [7, 11) is 0. The molecule has 24 heavy (non-hydrogen) atoms. The van der Waals surface area contributed by atoms with E-state index in [1.807, 2.05) is 26.8 Å². The molecule has 0 saturated carbocycles. The molecule has 4 nitrogen and oxygen atoms in total. The number of hydrogen-bond donors (Lipinski definition) is 0. The van der Waals surface area contributed by atoms with E-state index in [2.05, 4.69) is 35.2 Å². The third-order valence-electron chi connectivity index (χ3n) is 4.53. The van der Waals surface area contributed by atoms with E-state index in [0.29, 0.717) is 5.92 Å². The van der Waals surface area contributed by atoms with Crippen LogP contribution in [0.5, 0.6) is 0 Å². The van der Waals surface area contributed by atoms with Crippen LogP contribution in [0, 0.1) is 5.92 Å². The third kappa shape index (κ3) is 4.38. The second-order valence-corrected chi connectivity index (χ2v) is 7.74. The average molecular weight is 329 g/mol. The number of benzene rings is 1. The van der Waals surface area contributed by atoms with Crippen molar-refractivity contribution in [3.05, 3.63) is 47.5 Å². The smallest absolute Gasteiger partial charge is 0.430 e. The van der Waals surface area contributed by atoms with Crippen molar-refractivity contribution in [2.24, 2.45) is 5.92 Å². The van der Waals surface area contributed by atoms with E-state index in [0.717, 1.165) is 32.5 Å². The maximum atomic E-state index is 12.0. The first-order valence-corrected chi connectivity index (χ1v) is 8.75. The van der Waals surface area contributed by atoms with Gasteiger partial charge in [-0.15, -0.1) is 0 Å². The lowest BCUT2D eigenvalue weighted by Gasteiger charge is -2.29. The van der Waals surface area contributed by atoms with Gasteiger partial charge in [0.1, 0.15) is 11.7 Å². The molecule has 2 unspecified atom stereocenters. The SMILES string of the molecule is CC(C)(C)OC(=O)OC1CCC=C2CN(Cc3ccccc3)CC21. The highest BCUT2D eigenvalue weighted by Gasteiger charge is 2.38. The summed E-state index contributed by atoms with van der Waals surface area (Å²) < 4.78 is 11.0. The number of hydrogen-bond acceptors (Lipinski definition) is 4. The summed E-state index contributed by atoms with van der Waals surface area (Å²) in [6.45, 7) is 8.42. The fourth-order valence-corrected chi connectivity index (χ4v) is 3.54. The van der Waals surface area contributed by atoms with Crippen LogP contribution in [0.25, 0.3) is 0 Å². The molecule has 130 valence electrons. The molecule has 0 spiro atoms. The van der Waals surface area contributed by atoms with Crippen LogP contribution in [-0.2, 0) is 16.0 Å². The minimum absolute atomic E-state index is 0.0689. The van der Waals surface area contributed by atoms with Crippen molar-refractivity contribution in [3.63, 3.8) is 0 Å². The first-order chi connectivity index (χ1) is 11.4. The average Bonchev–Trinajstić information content (AvgIpc) is 2.90. The maximum absolute atomic E-state index is 12.0. The quantitative estimate of drug-likeness (QED) is 0.616. The van der Waals surface area contributed by atoms with Gasteiger partial charge in [0.2, 0.25) is 0 Å². The van der Waals surface area contributed by atoms with Crippen LogP contribution in [-0.4, -0.2) is 35.8 Å². The monoisotopic (exact) mass is 329 g/mol. The van der Waals surface area contributed by atoms with Crippen molar-refractivity contribution < 1.29 is 14.3 Å². The van der Waals surface area contributed by atoms with E-state index < -0.39 is 11.8 Å². The molecule has 1 heterocycles. The van der Waals surface area contributed by atoms with E-state index in [4.69, 9.17) is 9.47 Å². The van der Waals surface area contributed by atoms with Crippen LogP contribution in [0.1, 0.15) is 39.2 Å². The Bertz CT molecular complexity index is 603. The Kier molecular flexibility index (Phi) is 4.95. The number of carbonyl (C=O) groups excluding carboxylic acids is 1. The van der Waals surface area contributed by atoms with Crippen molar-refractivity contribution in [2.45, 2.75) is 51.9 Å². The Morgan fingerprint density at radius 3 is 2.71 bits per heavy atom. The zero-order chi connectivity index (χ0) is 17.2. The number of fused-ring (bicyclic) bond motifs is 1. The molecule has 0 radical (unpaired) electrons. The molecule has 1 fully saturated rings. The zero-order valence-electron chi connectivity index (χ0n) is 14.8. The zero-order valence-corrected chi connectivity index (χ0v) is 14.8. The van der Waals surface area contributed by atoms with Gasteiger partial charge >= 0.3 is 6.16 Å². The molecule has 2 atom stereocenters. The summed E-state index contributed by atoms with van der Waals surface area (Å²) >= 11 is 0. The van der Waals surface area contributed by atoms with Gasteiger partial charge in [-0.05, 0) is 39.2 Å². The summed E-state index contributed by atoms with van der Waals surface area (Å²) in [6.07, 6.45) is 3.56. The summed E-state index contributed by atoms with van der Waals surface area (Å²) in [4.78, 5) is 14.4. The Balaban J connectivity index is 1.60. The molecule has 1 aromatic carbocycles. The lowest BCUT2D eigenvalue weighted by atomic mass is 9.87. The van der Waals surface area contributed by atoms with Gasteiger partial charge in [0.05, 0.1) is 0 Å². The lowest BCUT2D eigenvalue weighted by molar-refractivity contribution is -0.0384. The van der Waals surface area contributed by atoms with Crippen molar-refractivity contribution in [1.29, 1.82) is 0 Å². The fraction of sp³-hybridized carbons (Fsp3) is 0.550. The molecule has 0 bridgehead atoms. The highest BCUT2D eigenvalue weighted by Crippen LogP contribution is 2.35. The van der Waals surface area contributed by atoms with Crippen molar-refractivity contribution in [1.82, 2.24) is 4.90 Å². The van der Waals surface area contributed by atoms with Crippen LogP contribution >= 0.6 is 0 Å². The van der Waals surface area contributed by atoms with Crippen LogP contribution in [0.3, 0.4) is 0 Å². The molecule has 1 saturated heterocycles. The summed E-state index contributed by atoms with van der Waals surface area (Å²) in [5.74, 6) is 0.301. The number of nitrogens with zero attached hydrogens (tertiary/aromatic N) is 1. The summed E-state index contributed by atoms with van der Waals surface area (Å²) in [6, 6.07) is 10.5. The van der Waals surface area contributed by atoms with Crippen molar-refractivity contribution in [2.75, 3.05) is 13.1 Å². The second kappa shape index (κ2) is 6.98. The minimum atomic E-state index is -0.546. The highest BCUT2D eigenvalue weighted by atomic mass is 16.7. The van der Waals surface area contributed by atoms with E-state index in [1.54, 1.807) is 0 Å². The molecule has 0 amide bonds. The van der Waals surface area contributed by atoms with Gasteiger partial charge in [0.25, 0.3) is 0 Å². The van der Waals surface area contributed by atoms with Gasteiger partial charge in [0, 0.05) is 25.6 Å². The number of rotatable bonds is 3. The van der Waals surface area contributed by atoms with E-state index in [1.165, 1.54) is 11.1 Å². The first-order valence-electron chi connectivity index (χ1n) is 8.75. The third-order valence-corrected chi connectivity index (χ3v) is 4.53. The van der Waals surface area contributed by atoms with E-state index >= 15 is 0 Å². The Morgan fingerprint density at radius 2 is 2.00 bits per heavy atom. The summed E-state index contributed by atoms with van der Waals surface area (Å²) in [5, 5.41) is 0. The standard InChI is InChI=1S/C20H27NO3/c1-20(2,3)24-19(22)23-18-11-7-10-16-13-21(14-17(16)18)12-15-8-5-4-6-9-15/h4-6,8-10,17-18H,7,11-14H2,1-3H3. The lowest BCUT2D eigenvalue weighted by Crippen LogP contribution is -2.34. The predicted octanol–water partition coefficient (Wildman–Crippen LogP) is 4.16. The molecule has 2 aliphatic rings. The van der Waals surface area contributed by atoms with Gasteiger partial charge in [0.15, 0.2) is 0 Å². The molecule has 4 heteroatoms. The van der Waals surface area contributed by atoms with Gasteiger partial charge in [-0.25, -0.2) is 4.79 Å². The van der Waals surface area contributed by atoms with Crippen molar-refractivity contribution in [3.8, 4) is 0 Å². The van der Waals surface area contributed by atoms with Crippen LogP contribution in [0.2, 0.25) is 0 Å². The molecule has 1 aliphatic heterocycles. The van der Waals surface area contributed by atoms with Gasteiger partial charge in [-0.2, -0.15) is 0 Å². The Hall–Kier alpha value is -1.81. The van der Waals surface area contributed by atoms with Crippen LogP contribution in [0.15, 0.2) is 42.0 Å². The molecule has 3 rings (SSSR count). The Labute approximate surface area is 144 Å². The largest absolute Gasteiger partial charge is 0.509 e. The molecular formula is C20H27NO3. The molecule has 0 aromatic heterocycles. The molecule has 1 aliphatic carbocycles. The second-order valence-electron chi connectivity index (χ2n) is 7.74. The number of allylic oxidation sites excluding steroid dienone is 1. The molecule has 1 aromatic rings.